The number of anilines is 4. The number of carboxylic acid groups (broad SMARTS) is 1. The molecule has 0 saturated carbocycles. The number of fused-ring (bicyclic) bond motifs is 1. The summed E-state index contributed by atoms with van der Waals surface area (Å²) in [7, 11) is 0. The van der Waals surface area contributed by atoms with Crippen LogP contribution in [0.3, 0.4) is 0 Å². The molecule has 156 valence electrons. The minimum Gasteiger partial charge on any atom is -0.477 e. The number of amides is 1. The summed E-state index contributed by atoms with van der Waals surface area (Å²) in [4.78, 5) is 50.9. The lowest BCUT2D eigenvalue weighted by Crippen LogP contribution is -2.36. The van der Waals surface area contributed by atoms with Gasteiger partial charge in [-0.05, 0) is 17.7 Å². The van der Waals surface area contributed by atoms with Crippen molar-refractivity contribution in [1.29, 1.82) is 0 Å². The summed E-state index contributed by atoms with van der Waals surface area (Å²) in [6.07, 6.45) is 0. The van der Waals surface area contributed by atoms with E-state index in [0.29, 0.717) is 11.3 Å². The van der Waals surface area contributed by atoms with Crippen molar-refractivity contribution in [2.24, 2.45) is 0 Å². The van der Waals surface area contributed by atoms with Crippen LogP contribution in [0.15, 0.2) is 46.0 Å². The van der Waals surface area contributed by atoms with Crippen molar-refractivity contribution in [2.45, 2.75) is 6.54 Å². The molecular weight excluding hydrogens is 406 g/mol. The first-order chi connectivity index (χ1) is 14.7. The highest BCUT2D eigenvalue weighted by atomic mass is 16.4. The molecule has 0 saturated heterocycles. The fraction of sp³-hybridized carbons (Fsp3) is 0.0526. The van der Waals surface area contributed by atoms with Crippen LogP contribution in [-0.2, 0) is 6.54 Å². The zero-order valence-corrected chi connectivity index (χ0v) is 15.7. The Morgan fingerprint density at radius 1 is 1.10 bits per heavy atom. The molecule has 0 bridgehead atoms. The number of carboxylic acids is 1. The van der Waals surface area contributed by atoms with Crippen LogP contribution >= 0.6 is 0 Å². The fourth-order valence-electron chi connectivity index (χ4n) is 2.97. The van der Waals surface area contributed by atoms with Gasteiger partial charge in [-0.25, -0.2) is 14.3 Å². The number of nitrogens with two attached hydrogens (primary N) is 2. The molecule has 4 rings (SSSR count). The second kappa shape index (κ2) is 7.26. The van der Waals surface area contributed by atoms with Gasteiger partial charge in [0.25, 0.3) is 16.8 Å². The van der Waals surface area contributed by atoms with E-state index in [1.807, 2.05) is 0 Å². The van der Waals surface area contributed by atoms with Gasteiger partial charge in [-0.1, -0.05) is 12.1 Å². The Hall–Kier alpha value is -4.74. The number of aromatic nitrogens is 3. The lowest BCUT2D eigenvalue weighted by molar-refractivity contribution is 0.0687. The van der Waals surface area contributed by atoms with Gasteiger partial charge in [-0.15, -0.1) is 5.10 Å². The number of nitrogens with zero attached hydrogens (tertiary/aromatic N) is 3. The van der Waals surface area contributed by atoms with Crippen LogP contribution in [0, 0.1) is 0 Å². The van der Waals surface area contributed by atoms with Gasteiger partial charge in [0, 0.05) is 24.4 Å². The molecule has 4 aromatic rings. The highest BCUT2D eigenvalue weighted by Crippen LogP contribution is 2.19. The number of benzene rings is 1. The number of carbonyl (C=O) groups is 2. The molecule has 0 fully saturated rings. The predicted octanol–water partition coefficient (Wildman–Crippen LogP) is -0.139. The van der Waals surface area contributed by atoms with Crippen LogP contribution in [0.2, 0.25) is 0 Å². The SMILES string of the molecule is Nc1cc2nc(C(=O)NCc3cccc(Nc4c(N)c(=O)c4=O)c3)cc(C(=O)O)n2n1. The molecule has 31 heavy (non-hydrogen) atoms. The second-order valence-corrected chi connectivity index (χ2v) is 6.63. The maximum absolute atomic E-state index is 12.5. The average molecular weight is 421 g/mol. The van der Waals surface area contributed by atoms with E-state index in [4.69, 9.17) is 11.5 Å². The first-order valence-corrected chi connectivity index (χ1v) is 8.87. The van der Waals surface area contributed by atoms with Crippen molar-refractivity contribution in [3.63, 3.8) is 0 Å². The monoisotopic (exact) mass is 421 g/mol. The molecule has 2 aromatic heterocycles. The van der Waals surface area contributed by atoms with Gasteiger partial charge < -0.3 is 27.2 Å². The van der Waals surface area contributed by atoms with Crippen LogP contribution in [0.25, 0.3) is 5.65 Å². The Morgan fingerprint density at radius 2 is 1.87 bits per heavy atom. The van der Waals surface area contributed by atoms with Gasteiger partial charge in [-0.2, -0.15) is 0 Å². The number of nitrogen functional groups attached to an aromatic ring is 2. The number of nitrogens with one attached hydrogen (secondary N) is 2. The Bertz CT molecular complexity index is 1430. The first-order valence-electron chi connectivity index (χ1n) is 8.87. The third kappa shape index (κ3) is 3.53. The zero-order chi connectivity index (χ0) is 22.3. The second-order valence-electron chi connectivity index (χ2n) is 6.63. The van der Waals surface area contributed by atoms with E-state index in [9.17, 15) is 24.3 Å². The summed E-state index contributed by atoms with van der Waals surface area (Å²) in [6.45, 7) is 0.0897. The van der Waals surface area contributed by atoms with E-state index in [1.165, 1.54) is 6.07 Å². The lowest BCUT2D eigenvalue weighted by Gasteiger charge is -2.11. The van der Waals surface area contributed by atoms with E-state index in [2.05, 4.69) is 20.7 Å². The smallest absolute Gasteiger partial charge is 0.354 e. The van der Waals surface area contributed by atoms with Crippen LogP contribution in [-0.4, -0.2) is 31.6 Å². The highest BCUT2D eigenvalue weighted by Gasteiger charge is 2.19. The van der Waals surface area contributed by atoms with Crippen LogP contribution in [0.4, 0.5) is 22.9 Å². The Morgan fingerprint density at radius 3 is 2.58 bits per heavy atom. The van der Waals surface area contributed by atoms with Gasteiger partial charge in [0.05, 0.1) is 0 Å². The third-order valence-corrected chi connectivity index (χ3v) is 4.49. The predicted molar refractivity (Wildman–Crippen MR) is 111 cm³/mol. The zero-order valence-electron chi connectivity index (χ0n) is 15.7. The molecule has 12 nitrogen and oxygen atoms in total. The Labute approximate surface area is 172 Å². The summed E-state index contributed by atoms with van der Waals surface area (Å²) in [5, 5.41) is 18.6. The fourth-order valence-corrected chi connectivity index (χ4v) is 2.97. The summed E-state index contributed by atoms with van der Waals surface area (Å²) < 4.78 is 1.04. The van der Waals surface area contributed by atoms with Crippen molar-refractivity contribution in [1.82, 2.24) is 19.9 Å². The van der Waals surface area contributed by atoms with Crippen LogP contribution in [0.1, 0.15) is 26.5 Å². The molecule has 0 aliphatic heterocycles. The molecule has 2 heterocycles. The number of carbonyl (C=O) groups excluding carboxylic acids is 1. The number of hydrogen-bond donors (Lipinski definition) is 5. The highest BCUT2D eigenvalue weighted by molar-refractivity contribution is 5.96. The maximum Gasteiger partial charge on any atom is 0.354 e. The van der Waals surface area contributed by atoms with Crippen molar-refractivity contribution in [3.05, 3.63) is 73.8 Å². The van der Waals surface area contributed by atoms with Gasteiger partial charge in [0.15, 0.2) is 11.3 Å². The van der Waals surface area contributed by atoms with Gasteiger partial charge in [-0.3, -0.25) is 14.4 Å². The van der Waals surface area contributed by atoms with Crippen molar-refractivity contribution in [2.75, 3.05) is 16.8 Å². The summed E-state index contributed by atoms with van der Waals surface area (Å²) in [6, 6.07) is 9.20. The standard InChI is InChI=1S/C19H15N7O5/c20-12-6-13-24-10(5-11(19(30)31)26(13)25-12)18(29)22-7-8-2-1-3-9(4-8)23-15-14(21)16(27)17(15)28/h1-6,23H,7,21H2,(H2,20,25)(H,22,29)(H,30,31). The Kier molecular flexibility index (Phi) is 4.58. The number of rotatable bonds is 6. The van der Waals surface area contributed by atoms with Crippen molar-refractivity contribution < 1.29 is 14.7 Å². The quantitative estimate of drug-likeness (QED) is 0.261. The molecular formula is C19H15N7O5. The molecule has 0 atom stereocenters. The molecule has 0 radical (unpaired) electrons. The summed E-state index contributed by atoms with van der Waals surface area (Å²) in [5.74, 6) is -1.82. The lowest BCUT2D eigenvalue weighted by atomic mass is 10.1. The topological polar surface area (TPSA) is 195 Å². The minimum absolute atomic E-state index is 0.0324. The van der Waals surface area contributed by atoms with Crippen molar-refractivity contribution in [3.8, 4) is 0 Å². The number of aromatic carboxylic acids is 1. The molecule has 12 heteroatoms. The van der Waals surface area contributed by atoms with Crippen LogP contribution < -0.4 is 33.0 Å². The molecule has 0 unspecified atom stereocenters. The molecule has 2 aromatic carbocycles. The van der Waals surface area contributed by atoms with Gasteiger partial charge in [0.1, 0.15) is 22.9 Å². The minimum atomic E-state index is -1.29. The van der Waals surface area contributed by atoms with E-state index in [0.717, 1.165) is 10.6 Å². The summed E-state index contributed by atoms with van der Waals surface area (Å²) in [5.41, 5.74) is 10.5. The third-order valence-electron chi connectivity index (χ3n) is 4.49. The average Bonchev–Trinajstić information content (AvgIpc) is 3.14. The molecule has 7 N–H and O–H groups in total. The van der Waals surface area contributed by atoms with Crippen molar-refractivity contribution >= 4 is 40.4 Å². The molecule has 1 amide bonds. The molecule has 0 aliphatic carbocycles. The normalized spacial score (nSPS) is 11.0. The first kappa shape index (κ1) is 19.6. The Balaban J connectivity index is 1.51. The maximum atomic E-state index is 12.5. The van der Waals surface area contributed by atoms with E-state index < -0.39 is 22.7 Å². The van der Waals surface area contributed by atoms with Gasteiger partial charge in [0.2, 0.25) is 0 Å². The largest absolute Gasteiger partial charge is 0.477 e. The number of hydrogen-bond acceptors (Lipinski definition) is 9. The van der Waals surface area contributed by atoms with Crippen LogP contribution in [0.5, 0.6) is 0 Å². The van der Waals surface area contributed by atoms with Gasteiger partial charge >= 0.3 is 5.97 Å². The van der Waals surface area contributed by atoms with E-state index in [-0.39, 0.29) is 40.8 Å². The van der Waals surface area contributed by atoms with E-state index >= 15 is 0 Å². The van der Waals surface area contributed by atoms with E-state index in [1.54, 1.807) is 24.3 Å². The molecule has 0 aliphatic rings. The molecule has 0 spiro atoms. The summed E-state index contributed by atoms with van der Waals surface area (Å²) >= 11 is 0.